The van der Waals surface area contributed by atoms with Gasteiger partial charge in [0.2, 0.25) is 0 Å². The van der Waals surface area contributed by atoms with Gasteiger partial charge < -0.3 is 15.3 Å². The molecule has 0 fully saturated rings. The number of nitrogens with one attached hydrogen (secondary N) is 1. The maximum Gasteiger partial charge on any atom is 0.317 e. The first-order chi connectivity index (χ1) is 5.07. The molecular formula is C7H16N2O2. The summed E-state index contributed by atoms with van der Waals surface area (Å²) in [6.45, 7) is 4.50. The lowest BCUT2D eigenvalue weighted by Gasteiger charge is -2.15. The Morgan fingerprint density at radius 2 is 2.27 bits per heavy atom. The molecule has 0 aromatic carbocycles. The molecule has 11 heavy (non-hydrogen) atoms. The molecule has 1 atom stereocenters. The fourth-order valence-corrected chi connectivity index (χ4v) is 0.514. The van der Waals surface area contributed by atoms with E-state index in [-0.39, 0.29) is 6.03 Å². The smallest absolute Gasteiger partial charge is 0.317 e. The van der Waals surface area contributed by atoms with Gasteiger partial charge in [0.05, 0.1) is 6.10 Å². The third-order valence-electron chi connectivity index (χ3n) is 1.37. The van der Waals surface area contributed by atoms with Crippen LogP contribution in [0.5, 0.6) is 0 Å². The number of nitrogens with zero attached hydrogens (tertiary/aromatic N) is 1. The molecule has 66 valence electrons. The number of amides is 2. The van der Waals surface area contributed by atoms with Crippen molar-refractivity contribution in [3.8, 4) is 0 Å². The van der Waals surface area contributed by atoms with Crippen LogP contribution >= 0.6 is 0 Å². The zero-order valence-electron chi connectivity index (χ0n) is 7.29. The molecule has 0 rings (SSSR count). The number of aliphatic hydroxyl groups is 1. The number of hydrogen-bond acceptors (Lipinski definition) is 2. The topological polar surface area (TPSA) is 52.6 Å². The summed E-state index contributed by atoms with van der Waals surface area (Å²) < 4.78 is 0. The van der Waals surface area contributed by atoms with E-state index in [0.29, 0.717) is 13.1 Å². The monoisotopic (exact) mass is 160 g/mol. The minimum atomic E-state index is -0.482. The van der Waals surface area contributed by atoms with Crippen molar-refractivity contribution >= 4 is 6.03 Å². The number of aliphatic hydroxyl groups excluding tert-OH is 1. The van der Waals surface area contributed by atoms with Crippen molar-refractivity contribution in [2.24, 2.45) is 0 Å². The lowest BCUT2D eigenvalue weighted by atomic mass is 10.4. The van der Waals surface area contributed by atoms with Gasteiger partial charge in [0, 0.05) is 20.1 Å². The molecule has 0 unspecified atom stereocenters. The lowest BCUT2D eigenvalue weighted by molar-refractivity contribution is 0.177. The van der Waals surface area contributed by atoms with Gasteiger partial charge in [-0.15, -0.1) is 0 Å². The van der Waals surface area contributed by atoms with Crippen molar-refractivity contribution in [1.29, 1.82) is 0 Å². The van der Waals surface area contributed by atoms with E-state index >= 15 is 0 Å². The van der Waals surface area contributed by atoms with E-state index in [1.165, 1.54) is 0 Å². The maximum atomic E-state index is 11.0. The van der Waals surface area contributed by atoms with Gasteiger partial charge in [0.15, 0.2) is 0 Å². The second kappa shape index (κ2) is 4.96. The van der Waals surface area contributed by atoms with Gasteiger partial charge in [-0.3, -0.25) is 0 Å². The molecule has 4 heteroatoms. The number of hydrogen-bond donors (Lipinski definition) is 2. The molecule has 0 saturated heterocycles. The highest BCUT2D eigenvalue weighted by Gasteiger charge is 2.05. The van der Waals surface area contributed by atoms with Crippen molar-refractivity contribution in [3.63, 3.8) is 0 Å². The fraction of sp³-hybridized carbons (Fsp3) is 0.857. The molecule has 0 aliphatic carbocycles. The molecule has 0 heterocycles. The van der Waals surface area contributed by atoms with Crippen molar-refractivity contribution in [3.05, 3.63) is 0 Å². The second-order valence-corrected chi connectivity index (χ2v) is 2.55. The summed E-state index contributed by atoms with van der Waals surface area (Å²) in [5.41, 5.74) is 0. The molecule has 0 saturated carbocycles. The van der Waals surface area contributed by atoms with Gasteiger partial charge in [-0.25, -0.2) is 4.79 Å². The number of urea groups is 1. The van der Waals surface area contributed by atoms with Crippen LogP contribution in [0.3, 0.4) is 0 Å². The first-order valence-electron chi connectivity index (χ1n) is 3.75. The van der Waals surface area contributed by atoms with Gasteiger partial charge in [-0.1, -0.05) is 0 Å². The SMILES string of the molecule is CCN(C)C(=O)NC[C@@H](C)O. The van der Waals surface area contributed by atoms with Crippen molar-refractivity contribution < 1.29 is 9.90 Å². The molecule has 0 bridgehead atoms. The van der Waals surface area contributed by atoms with E-state index in [4.69, 9.17) is 5.11 Å². The molecule has 2 amide bonds. The predicted octanol–water partition coefficient (Wildman–Crippen LogP) is 0.0285. The standard InChI is InChI=1S/C7H16N2O2/c1-4-9(3)7(11)8-5-6(2)10/h6,10H,4-5H2,1-3H3,(H,8,11)/t6-/m1/s1. The van der Waals surface area contributed by atoms with Gasteiger partial charge in [-0.2, -0.15) is 0 Å². The van der Waals surface area contributed by atoms with E-state index in [9.17, 15) is 4.79 Å². The van der Waals surface area contributed by atoms with Crippen molar-refractivity contribution in [2.45, 2.75) is 20.0 Å². The Balaban J connectivity index is 3.52. The molecule has 0 aliphatic heterocycles. The summed E-state index contributed by atoms with van der Waals surface area (Å²) in [5, 5.41) is 11.4. The van der Waals surface area contributed by atoms with Crippen molar-refractivity contribution in [1.82, 2.24) is 10.2 Å². The van der Waals surface area contributed by atoms with Crippen LogP contribution in [0.25, 0.3) is 0 Å². The Hall–Kier alpha value is -0.770. The first-order valence-corrected chi connectivity index (χ1v) is 3.75. The zero-order valence-corrected chi connectivity index (χ0v) is 7.29. The highest BCUT2D eigenvalue weighted by molar-refractivity contribution is 5.73. The average Bonchev–Trinajstić information content (AvgIpc) is 1.98. The third kappa shape index (κ3) is 4.61. The van der Waals surface area contributed by atoms with Crippen LogP contribution in [-0.4, -0.2) is 42.3 Å². The quantitative estimate of drug-likeness (QED) is 0.612. The fourth-order valence-electron chi connectivity index (χ4n) is 0.514. The number of carbonyl (C=O) groups is 1. The van der Waals surface area contributed by atoms with Gasteiger partial charge in [0.1, 0.15) is 0 Å². The molecular weight excluding hydrogens is 144 g/mol. The highest BCUT2D eigenvalue weighted by atomic mass is 16.3. The lowest BCUT2D eigenvalue weighted by Crippen LogP contribution is -2.40. The van der Waals surface area contributed by atoms with Gasteiger partial charge in [-0.05, 0) is 13.8 Å². The molecule has 2 N–H and O–H groups in total. The van der Waals surface area contributed by atoms with Crippen LogP contribution < -0.4 is 5.32 Å². The van der Waals surface area contributed by atoms with E-state index in [2.05, 4.69) is 5.32 Å². The summed E-state index contributed by atoms with van der Waals surface area (Å²) in [6, 6.07) is -0.145. The second-order valence-electron chi connectivity index (χ2n) is 2.55. The Kier molecular flexibility index (Phi) is 4.61. The number of rotatable bonds is 3. The predicted molar refractivity (Wildman–Crippen MR) is 43.4 cm³/mol. The minimum absolute atomic E-state index is 0.145. The van der Waals surface area contributed by atoms with Crippen molar-refractivity contribution in [2.75, 3.05) is 20.1 Å². The molecule has 4 nitrogen and oxygen atoms in total. The largest absolute Gasteiger partial charge is 0.392 e. The van der Waals surface area contributed by atoms with E-state index in [1.807, 2.05) is 6.92 Å². The Morgan fingerprint density at radius 1 is 1.73 bits per heavy atom. The molecule has 0 spiro atoms. The average molecular weight is 160 g/mol. The minimum Gasteiger partial charge on any atom is -0.392 e. The van der Waals surface area contributed by atoms with Crippen LogP contribution in [-0.2, 0) is 0 Å². The van der Waals surface area contributed by atoms with Gasteiger partial charge in [0.25, 0.3) is 0 Å². The third-order valence-corrected chi connectivity index (χ3v) is 1.37. The van der Waals surface area contributed by atoms with Crippen LogP contribution in [0, 0.1) is 0 Å². The summed E-state index contributed by atoms with van der Waals surface area (Å²) >= 11 is 0. The maximum absolute atomic E-state index is 11.0. The van der Waals surface area contributed by atoms with Gasteiger partial charge >= 0.3 is 6.03 Å². The molecule has 0 aliphatic rings. The summed E-state index contributed by atoms with van der Waals surface area (Å²) in [7, 11) is 1.71. The van der Waals surface area contributed by atoms with Crippen LogP contribution in [0.2, 0.25) is 0 Å². The Bertz CT molecular complexity index is 126. The summed E-state index contributed by atoms with van der Waals surface area (Å²) in [5.74, 6) is 0. The molecule has 0 aromatic heterocycles. The van der Waals surface area contributed by atoms with E-state index in [1.54, 1.807) is 18.9 Å². The Morgan fingerprint density at radius 3 is 2.64 bits per heavy atom. The summed E-state index contributed by atoms with van der Waals surface area (Å²) in [4.78, 5) is 12.5. The van der Waals surface area contributed by atoms with Crippen LogP contribution in [0.1, 0.15) is 13.8 Å². The Labute approximate surface area is 67.2 Å². The normalized spacial score (nSPS) is 12.4. The number of carbonyl (C=O) groups excluding carboxylic acids is 1. The molecule has 0 radical (unpaired) electrons. The zero-order chi connectivity index (χ0) is 8.85. The molecule has 0 aromatic rings. The first kappa shape index (κ1) is 10.2. The van der Waals surface area contributed by atoms with E-state index in [0.717, 1.165) is 0 Å². The summed E-state index contributed by atoms with van der Waals surface area (Å²) in [6.07, 6.45) is -0.482. The van der Waals surface area contributed by atoms with Crippen LogP contribution in [0.4, 0.5) is 4.79 Å². The van der Waals surface area contributed by atoms with Crippen LogP contribution in [0.15, 0.2) is 0 Å². The van der Waals surface area contributed by atoms with E-state index < -0.39 is 6.10 Å². The highest BCUT2D eigenvalue weighted by Crippen LogP contribution is 1.83.